The topological polar surface area (TPSA) is 40.9 Å². The van der Waals surface area contributed by atoms with E-state index in [2.05, 4.69) is 0 Å². The molecule has 0 N–H and O–H groups in total. The van der Waals surface area contributed by atoms with Crippen LogP contribution in [0.1, 0.15) is 0 Å². The van der Waals surface area contributed by atoms with E-state index in [1.165, 1.54) is 0 Å². The Hall–Kier alpha value is -1.27. The summed E-state index contributed by atoms with van der Waals surface area (Å²) in [5.41, 5.74) is -1.83. The van der Waals surface area contributed by atoms with Gasteiger partial charge in [0.25, 0.3) is 0 Å². The third kappa shape index (κ3) is 1.98. The van der Waals surface area contributed by atoms with Crippen molar-refractivity contribution in [1.82, 2.24) is 0 Å². The summed E-state index contributed by atoms with van der Waals surface area (Å²) in [7, 11) is 0. The summed E-state index contributed by atoms with van der Waals surface area (Å²) < 4.78 is 33.6. The van der Waals surface area contributed by atoms with Crippen molar-refractivity contribution in [2.75, 3.05) is 0 Å². The van der Waals surface area contributed by atoms with Gasteiger partial charge in [0.15, 0.2) is 0 Å². The SMILES string of the molecule is N#CC(=C=O)C(F)(F)F. The fraction of sp³-hybridized carbons (Fsp3) is 0.250. The zero-order valence-electron chi connectivity index (χ0n) is 3.99. The van der Waals surface area contributed by atoms with Gasteiger partial charge in [-0.3, -0.25) is 0 Å². The van der Waals surface area contributed by atoms with E-state index in [4.69, 9.17) is 5.26 Å². The molecule has 0 radical (unpaired) electrons. The molecule has 0 aromatic carbocycles. The lowest BCUT2D eigenvalue weighted by atomic mass is 10.3. The standard InChI is InChI=1S/C4F3NO/c5-4(6,7)3(1-8)2-9. The molecule has 0 aliphatic carbocycles. The number of hydrogen-bond donors (Lipinski definition) is 0. The molecule has 0 aromatic rings. The van der Waals surface area contributed by atoms with E-state index in [9.17, 15) is 18.0 Å². The summed E-state index contributed by atoms with van der Waals surface area (Å²) in [6.45, 7) is 0. The van der Waals surface area contributed by atoms with Crippen LogP contribution < -0.4 is 0 Å². The Morgan fingerprint density at radius 2 is 1.89 bits per heavy atom. The predicted octanol–water partition coefficient (Wildman–Crippen LogP) is 0.830. The van der Waals surface area contributed by atoms with Gasteiger partial charge in [0, 0.05) is 0 Å². The second-order valence-electron chi connectivity index (χ2n) is 1.09. The molecule has 0 saturated carbocycles. The molecule has 2 nitrogen and oxygen atoms in total. The number of carbonyl (C=O) groups excluding carboxylic acids is 1. The molecule has 5 heteroatoms. The van der Waals surface area contributed by atoms with Crippen LogP contribution in [0.2, 0.25) is 0 Å². The monoisotopic (exact) mass is 135 g/mol. The van der Waals surface area contributed by atoms with Crippen molar-refractivity contribution in [2.24, 2.45) is 0 Å². The minimum atomic E-state index is -4.85. The van der Waals surface area contributed by atoms with E-state index >= 15 is 0 Å². The fourth-order valence-electron chi connectivity index (χ4n) is 0.144. The average molecular weight is 135 g/mol. The van der Waals surface area contributed by atoms with Crippen molar-refractivity contribution < 1.29 is 18.0 Å². The fourth-order valence-corrected chi connectivity index (χ4v) is 0.144. The lowest BCUT2D eigenvalue weighted by molar-refractivity contribution is -0.0861. The molecule has 0 aliphatic rings. The number of nitriles is 1. The number of hydrogen-bond acceptors (Lipinski definition) is 2. The number of halogens is 3. The number of alkyl halides is 3. The van der Waals surface area contributed by atoms with Crippen LogP contribution in [0.25, 0.3) is 0 Å². The van der Waals surface area contributed by atoms with Crippen LogP contribution in [0.3, 0.4) is 0 Å². The summed E-state index contributed by atoms with van der Waals surface area (Å²) in [5, 5.41) is 7.59. The van der Waals surface area contributed by atoms with Crippen molar-refractivity contribution >= 4 is 5.94 Å². The summed E-state index contributed by atoms with van der Waals surface area (Å²) >= 11 is 0. The van der Waals surface area contributed by atoms with Crippen molar-refractivity contribution in [2.45, 2.75) is 6.18 Å². The maximum absolute atomic E-state index is 11.2. The van der Waals surface area contributed by atoms with Gasteiger partial charge < -0.3 is 0 Å². The second kappa shape index (κ2) is 2.33. The van der Waals surface area contributed by atoms with Crippen LogP contribution in [0.4, 0.5) is 13.2 Å². The molecular weight excluding hydrogens is 135 g/mol. The van der Waals surface area contributed by atoms with Gasteiger partial charge in [-0.05, 0) is 0 Å². The van der Waals surface area contributed by atoms with Crippen molar-refractivity contribution in [3.63, 3.8) is 0 Å². The molecule has 0 amide bonds. The molecule has 0 spiro atoms. The van der Waals surface area contributed by atoms with Gasteiger partial charge in [0.2, 0.25) is 5.57 Å². The third-order valence-corrected chi connectivity index (χ3v) is 0.497. The van der Waals surface area contributed by atoms with Gasteiger partial charge in [-0.15, -0.1) is 0 Å². The van der Waals surface area contributed by atoms with Crippen LogP contribution in [0.5, 0.6) is 0 Å². The predicted molar refractivity (Wildman–Crippen MR) is 20.9 cm³/mol. The van der Waals surface area contributed by atoms with E-state index in [-0.39, 0.29) is 0 Å². The van der Waals surface area contributed by atoms with Crippen molar-refractivity contribution in [3.05, 3.63) is 5.57 Å². The highest BCUT2D eigenvalue weighted by Crippen LogP contribution is 2.21. The van der Waals surface area contributed by atoms with Gasteiger partial charge in [-0.2, -0.15) is 18.4 Å². The molecule has 48 valence electrons. The molecule has 0 heterocycles. The zero-order chi connectivity index (χ0) is 7.49. The molecular formula is C4F3NO. The second-order valence-corrected chi connectivity index (χ2v) is 1.09. The Balaban J connectivity index is 4.60. The molecule has 0 fully saturated rings. The van der Waals surface area contributed by atoms with E-state index in [0.29, 0.717) is 12.0 Å². The quantitative estimate of drug-likeness (QED) is 0.364. The summed E-state index contributed by atoms with van der Waals surface area (Å²) in [6, 6.07) is 0.660. The molecule has 0 atom stereocenters. The lowest BCUT2D eigenvalue weighted by Crippen LogP contribution is -2.10. The Kier molecular flexibility index (Phi) is 2.00. The normalized spacial score (nSPS) is 9.56. The minimum absolute atomic E-state index is 0.472. The largest absolute Gasteiger partial charge is 0.436 e. The summed E-state index contributed by atoms with van der Waals surface area (Å²) in [6.07, 6.45) is -4.85. The van der Waals surface area contributed by atoms with Crippen LogP contribution in [-0.2, 0) is 4.79 Å². The molecule has 9 heavy (non-hydrogen) atoms. The van der Waals surface area contributed by atoms with Crippen LogP contribution in [0, 0.1) is 11.3 Å². The van der Waals surface area contributed by atoms with Crippen LogP contribution in [0.15, 0.2) is 5.57 Å². The zero-order valence-corrected chi connectivity index (χ0v) is 3.99. The van der Waals surface area contributed by atoms with Gasteiger partial charge in [0.05, 0.1) is 0 Å². The van der Waals surface area contributed by atoms with E-state index < -0.39 is 11.7 Å². The van der Waals surface area contributed by atoms with Gasteiger partial charge in [-0.25, -0.2) is 4.79 Å². The highest BCUT2D eigenvalue weighted by atomic mass is 19.4. The van der Waals surface area contributed by atoms with Gasteiger partial charge >= 0.3 is 6.18 Å². The van der Waals surface area contributed by atoms with Crippen molar-refractivity contribution in [3.8, 4) is 6.07 Å². The van der Waals surface area contributed by atoms with Gasteiger partial charge in [-0.1, -0.05) is 0 Å². The average Bonchev–Trinajstić information content (AvgIpc) is 1.65. The maximum atomic E-state index is 11.2. The maximum Gasteiger partial charge on any atom is 0.436 e. The first-order valence-corrected chi connectivity index (χ1v) is 1.74. The first-order chi connectivity index (χ1) is 4.02. The molecule has 0 aliphatic heterocycles. The van der Waals surface area contributed by atoms with Gasteiger partial charge in [0.1, 0.15) is 12.0 Å². The molecule has 0 rings (SSSR count). The van der Waals surface area contributed by atoms with Crippen molar-refractivity contribution in [1.29, 1.82) is 5.26 Å². The minimum Gasteiger partial charge on any atom is -0.232 e. The number of allylic oxidation sites excluding steroid dienone is 1. The highest BCUT2D eigenvalue weighted by molar-refractivity contribution is 5.60. The van der Waals surface area contributed by atoms with Crippen LogP contribution in [-0.4, -0.2) is 12.1 Å². The molecule has 0 aromatic heterocycles. The third-order valence-electron chi connectivity index (χ3n) is 0.497. The Morgan fingerprint density at radius 1 is 1.44 bits per heavy atom. The first kappa shape index (κ1) is 7.73. The van der Waals surface area contributed by atoms with E-state index in [0.717, 1.165) is 0 Å². The lowest BCUT2D eigenvalue weighted by Gasteiger charge is -1.96. The Morgan fingerprint density at radius 3 is 1.89 bits per heavy atom. The summed E-state index contributed by atoms with van der Waals surface area (Å²) in [5.74, 6) is 0.472. The van der Waals surface area contributed by atoms with Crippen LogP contribution >= 0.6 is 0 Å². The number of rotatable bonds is 0. The molecule has 0 saturated heterocycles. The van der Waals surface area contributed by atoms with E-state index in [1.54, 1.807) is 0 Å². The smallest absolute Gasteiger partial charge is 0.232 e. The Labute approximate surface area is 48.2 Å². The summed E-state index contributed by atoms with van der Waals surface area (Å²) in [4.78, 5) is 9.28. The highest BCUT2D eigenvalue weighted by Gasteiger charge is 2.35. The van der Waals surface area contributed by atoms with E-state index in [1.807, 2.05) is 0 Å². The molecule has 0 bridgehead atoms. The Bertz CT molecular complexity index is 193. The molecule has 0 unspecified atom stereocenters. The first-order valence-electron chi connectivity index (χ1n) is 1.74. The number of nitrogens with zero attached hydrogens (tertiary/aromatic N) is 1.